The standard InChI is InChI=1S/C13H13N3O4S/c17-10(18)3-4-15(8-1-2-8)11(19)9-7-14-13-16(12(9)20)5-6-21-13/h5-8H,1-4H2,(H,17,18). The van der Waals surface area contributed by atoms with E-state index in [4.69, 9.17) is 5.11 Å². The first-order valence-corrected chi connectivity index (χ1v) is 7.43. The first kappa shape index (κ1) is 13.7. The Balaban J connectivity index is 1.92. The van der Waals surface area contributed by atoms with Gasteiger partial charge in [-0.15, -0.1) is 11.3 Å². The second kappa shape index (κ2) is 5.28. The highest BCUT2D eigenvalue weighted by Gasteiger charge is 2.34. The molecule has 0 unspecified atom stereocenters. The molecule has 0 radical (unpaired) electrons. The number of nitrogens with zero attached hydrogens (tertiary/aromatic N) is 3. The van der Waals surface area contributed by atoms with E-state index in [-0.39, 0.29) is 24.6 Å². The Labute approximate surface area is 123 Å². The molecule has 2 heterocycles. The van der Waals surface area contributed by atoms with E-state index in [1.807, 2.05) is 0 Å². The highest BCUT2D eigenvalue weighted by Crippen LogP contribution is 2.28. The first-order valence-electron chi connectivity index (χ1n) is 6.55. The number of carboxylic acids is 1. The van der Waals surface area contributed by atoms with Crippen molar-refractivity contribution in [2.45, 2.75) is 25.3 Å². The van der Waals surface area contributed by atoms with Crippen molar-refractivity contribution in [3.63, 3.8) is 0 Å². The van der Waals surface area contributed by atoms with Gasteiger partial charge in [0.2, 0.25) is 0 Å². The van der Waals surface area contributed by atoms with Crippen LogP contribution in [0.2, 0.25) is 0 Å². The fourth-order valence-electron chi connectivity index (χ4n) is 2.18. The second-order valence-corrected chi connectivity index (χ2v) is 5.78. The number of aromatic nitrogens is 2. The Kier molecular flexibility index (Phi) is 3.46. The highest BCUT2D eigenvalue weighted by molar-refractivity contribution is 7.15. The molecule has 7 nitrogen and oxygen atoms in total. The van der Waals surface area contributed by atoms with Crippen molar-refractivity contribution < 1.29 is 14.7 Å². The van der Waals surface area contributed by atoms with Crippen LogP contribution < -0.4 is 5.56 Å². The van der Waals surface area contributed by atoms with E-state index in [0.717, 1.165) is 12.8 Å². The number of hydrogen-bond acceptors (Lipinski definition) is 5. The second-order valence-electron chi connectivity index (χ2n) is 4.91. The summed E-state index contributed by atoms with van der Waals surface area (Å²) in [5.74, 6) is -1.39. The van der Waals surface area contributed by atoms with E-state index >= 15 is 0 Å². The Morgan fingerprint density at radius 2 is 2.24 bits per heavy atom. The predicted molar refractivity (Wildman–Crippen MR) is 75.7 cm³/mol. The smallest absolute Gasteiger partial charge is 0.305 e. The van der Waals surface area contributed by atoms with Crippen molar-refractivity contribution in [3.8, 4) is 0 Å². The van der Waals surface area contributed by atoms with Crippen LogP contribution in [0.4, 0.5) is 0 Å². The zero-order valence-electron chi connectivity index (χ0n) is 11.1. The summed E-state index contributed by atoms with van der Waals surface area (Å²) >= 11 is 1.31. The van der Waals surface area contributed by atoms with Gasteiger partial charge in [-0.2, -0.15) is 0 Å². The van der Waals surface area contributed by atoms with Crippen LogP contribution in [0.1, 0.15) is 29.6 Å². The van der Waals surface area contributed by atoms with Crippen LogP contribution in [-0.2, 0) is 4.79 Å². The molecular weight excluding hydrogens is 294 g/mol. The Bertz CT molecular complexity index is 762. The zero-order chi connectivity index (χ0) is 15.0. The summed E-state index contributed by atoms with van der Waals surface area (Å²) < 4.78 is 1.33. The quantitative estimate of drug-likeness (QED) is 0.883. The molecule has 0 spiro atoms. The van der Waals surface area contributed by atoms with Crippen molar-refractivity contribution >= 4 is 28.2 Å². The third-order valence-corrected chi connectivity index (χ3v) is 4.16. The van der Waals surface area contributed by atoms with Crippen molar-refractivity contribution in [2.24, 2.45) is 0 Å². The van der Waals surface area contributed by atoms with E-state index in [1.54, 1.807) is 11.6 Å². The normalized spacial score (nSPS) is 14.3. The minimum atomic E-state index is -0.961. The third kappa shape index (κ3) is 2.66. The summed E-state index contributed by atoms with van der Waals surface area (Å²) in [5, 5.41) is 10.5. The van der Waals surface area contributed by atoms with Crippen molar-refractivity contribution in [3.05, 3.63) is 33.7 Å². The lowest BCUT2D eigenvalue weighted by Crippen LogP contribution is -2.38. The van der Waals surface area contributed by atoms with Gasteiger partial charge in [0.1, 0.15) is 5.56 Å². The fourth-order valence-corrected chi connectivity index (χ4v) is 2.85. The number of aliphatic carboxylic acids is 1. The molecule has 1 saturated carbocycles. The molecule has 1 fully saturated rings. The molecular formula is C13H13N3O4S. The molecule has 8 heteroatoms. The summed E-state index contributed by atoms with van der Waals surface area (Å²) in [6.07, 6.45) is 4.43. The number of carboxylic acid groups (broad SMARTS) is 1. The number of rotatable bonds is 5. The van der Waals surface area contributed by atoms with Gasteiger partial charge in [0.15, 0.2) is 4.96 Å². The number of carbonyl (C=O) groups is 2. The maximum atomic E-state index is 12.5. The molecule has 110 valence electrons. The number of fused-ring (bicyclic) bond motifs is 1. The van der Waals surface area contributed by atoms with Crippen molar-refractivity contribution in [1.29, 1.82) is 0 Å². The van der Waals surface area contributed by atoms with Gasteiger partial charge in [-0.25, -0.2) is 4.98 Å². The van der Waals surface area contributed by atoms with Crippen LogP contribution >= 0.6 is 11.3 Å². The van der Waals surface area contributed by atoms with Gasteiger partial charge in [-0.3, -0.25) is 18.8 Å². The highest BCUT2D eigenvalue weighted by atomic mass is 32.1. The fraction of sp³-hybridized carbons (Fsp3) is 0.385. The molecule has 2 aromatic heterocycles. The van der Waals surface area contributed by atoms with Crippen LogP contribution in [-0.4, -0.2) is 43.9 Å². The maximum Gasteiger partial charge on any atom is 0.305 e. The third-order valence-electron chi connectivity index (χ3n) is 3.39. The largest absolute Gasteiger partial charge is 0.481 e. The van der Waals surface area contributed by atoms with Gasteiger partial charge in [0.05, 0.1) is 6.42 Å². The van der Waals surface area contributed by atoms with E-state index < -0.39 is 17.4 Å². The molecule has 1 amide bonds. The molecule has 1 aliphatic rings. The maximum absolute atomic E-state index is 12.5. The van der Waals surface area contributed by atoms with Crippen molar-refractivity contribution in [2.75, 3.05) is 6.54 Å². The van der Waals surface area contributed by atoms with Crippen LogP contribution in [0, 0.1) is 0 Å². The van der Waals surface area contributed by atoms with Gasteiger partial charge in [-0.1, -0.05) is 0 Å². The molecule has 0 aliphatic heterocycles. The average molecular weight is 307 g/mol. The predicted octanol–water partition coefficient (Wildman–Crippen LogP) is 0.835. The number of amides is 1. The van der Waals surface area contributed by atoms with Crippen molar-refractivity contribution in [1.82, 2.24) is 14.3 Å². The van der Waals surface area contributed by atoms with Gasteiger partial charge >= 0.3 is 5.97 Å². The zero-order valence-corrected chi connectivity index (χ0v) is 11.9. The lowest BCUT2D eigenvalue weighted by Gasteiger charge is -2.21. The van der Waals surface area contributed by atoms with Gasteiger partial charge in [0, 0.05) is 30.4 Å². The monoisotopic (exact) mass is 307 g/mol. The first-order chi connectivity index (χ1) is 10.1. The summed E-state index contributed by atoms with van der Waals surface area (Å²) in [6.45, 7) is 0.116. The van der Waals surface area contributed by atoms with Gasteiger partial charge in [-0.05, 0) is 12.8 Å². The Morgan fingerprint density at radius 3 is 2.90 bits per heavy atom. The number of thiazole rings is 1. The van der Waals surface area contributed by atoms with E-state index in [2.05, 4.69) is 4.98 Å². The Hall–Kier alpha value is -2.22. The SMILES string of the molecule is O=C(O)CCN(C(=O)c1cnc2sccn2c1=O)C1CC1. The molecule has 0 saturated heterocycles. The van der Waals surface area contributed by atoms with E-state index in [0.29, 0.717) is 4.96 Å². The molecule has 0 aromatic carbocycles. The van der Waals surface area contributed by atoms with Crippen LogP contribution in [0.3, 0.4) is 0 Å². The molecule has 0 atom stereocenters. The van der Waals surface area contributed by atoms with E-state index in [9.17, 15) is 14.4 Å². The van der Waals surface area contributed by atoms with Crippen LogP contribution in [0.15, 0.2) is 22.6 Å². The molecule has 0 bridgehead atoms. The molecule has 1 aliphatic carbocycles. The lowest BCUT2D eigenvalue weighted by atomic mass is 10.2. The summed E-state index contributed by atoms with van der Waals surface area (Å²) in [7, 11) is 0. The molecule has 21 heavy (non-hydrogen) atoms. The number of hydrogen-bond donors (Lipinski definition) is 1. The van der Waals surface area contributed by atoms with Crippen LogP contribution in [0.25, 0.3) is 4.96 Å². The average Bonchev–Trinajstić information content (AvgIpc) is 3.15. The topological polar surface area (TPSA) is 92.0 Å². The summed E-state index contributed by atoms with van der Waals surface area (Å²) in [4.78, 5) is 41.6. The minimum absolute atomic E-state index is 0.0109. The molecule has 1 N–H and O–H groups in total. The molecule has 3 rings (SSSR count). The lowest BCUT2D eigenvalue weighted by molar-refractivity contribution is -0.137. The van der Waals surface area contributed by atoms with Gasteiger partial charge < -0.3 is 10.0 Å². The molecule has 2 aromatic rings. The number of carbonyl (C=O) groups excluding carboxylic acids is 1. The van der Waals surface area contributed by atoms with E-state index in [1.165, 1.54) is 26.8 Å². The summed E-state index contributed by atoms with van der Waals surface area (Å²) in [6, 6.07) is 0.0411. The minimum Gasteiger partial charge on any atom is -0.481 e. The Morgan fingerprint density at radius 1 is 1.48 bits per heavy atom. The van der Waals surface area contributed by atoms with Gasteiger partial charge in [0.25, 0.3) is 11.5 Å². The van der Waals surface area contributed by atoms with Crippen LogP contribution in [0.5, 0.6) is 0 Å². The summed E-state index contributed by atoms with van der Waals surface area (Å²) in [5.41, 5.74) is -0.421.